The van der Waals surface area contributed by atoms with E-state index in [9.17, 15) is 9.18 Å². The van der Waals surface area contributed by atoms with Crippen molar-refractivity contribution in [3.8, 4) is 0 Å². The minimum Gasteiger partial charge on any atom is -0.333 e. The molecule has 4 aromatic rings. The van der Waals surface area contributed by atoms with Gasteiger partial charge >= 0.3 is 0 Å². The van der Waals surface area contributed by atoms with Crippen LogP contribution in [0.3, 0.4) is 0 Å². The van der Waals surface area contributed by atoms with Gasteiger partial charge in [0.15, 0.2) is 0 Å². The number of benzene rings is 4. The molecule has 0 spiro atoms. The maximum Gasteiger partial charge on any atom is 0.240 e. The summed E-state index contributed by atoms with van der Waals surface area (Å²) in [5, 5.41) is 1.15. The van der Waals surface area contributed by atoms with Gasteiger partial charge in [0, 0.05) is 40.3 Å². The third-order valence-corrected chi connectivity index (χ3v) is 9.16. The van der Waals surface area contributed by atoms with Crippen molar-refractivity contribution in [2.24, 2.45) is 0 Å². The van der Waals surface area contributed by atoms with Gasteiger partial charge in [0.05, 0.1) is 12.1 Å². The van der Waals surface area contributed by atoms with Gasteiger partial charge in [-0.05, 0) is 66.6 Å². The minimum absolute atomic E-state index is 0.0198. The average molecular weight is 574 g/mol. The zero-order valence-corrected chi connectivity index (χ0v) is 23.9. The number of fused-ring (bicyclic) bond motifs is 2. The summed E-state index contributed by atoms with van der Waals surface area (Å²) in [7, 11) is 0. The van der Waals surface area contributed by atoms with Crippen LogP contribution in [0, 0.1) is 5.82 Å². The van der Waals surface area contributed by atoms with Crippen molar-refractivity contribution in [2.45, 2.75) is 50.9 Å². The van der Waals surface area contributed by atoms with Crippen molar-refractivity contribution in [3.05, 3.63) is 140 Å². The molecule has 1 amide bonds. The second-order valence-electron chi connectivity index (χ2n) is 10.8. The molecule has 1 heterocycles. The summed E-state index contributed by atoms with van der Waals surface area (Å²) in [4.78, 5) is 18.7. The predicted octanol–water partition coefficient (Wildman–Crippen LogP) is 7.66. The lowest BCUT2D eigenvalue weighted by molar-refractivity contribution is -0.140. The number of hydrogen-bond acceptors (Lipinski definition) is 2. The molecule has 2 atom stereocenters. The van der Waals surface area contributed by atoms with E-state index in [1.807, 2.05) is 60.4 Å². The van der Waals surface area contributed by atoms with Crippen molar-refractivity contribution in [1.29, 1.82) is 0 Å². The molecule has 0 radical (unpaired) electrons. The Bertz CT molecular complexity index is 1510. The van der Waals surface area contributed by atoms with Gasteiger partial charge in [0.1, 0.15) is 5.82 Å². The summed E-state index contributed by atoms with van der Waals surface area (Å²) in [6, 6.07) is 28.1. The van der Waals surface area contributed by atoms with E-state index >= 15 is 0 Å². The van der Waals surface area contributed by atoms with Crippen LogP contribution in [0.1, 0.15) is 46.3 Å². The molecule has 0 bridgehead atoms. The number of carbonyl (C=O) groups is 1. The van der Waals surface area contributed by atoms with Crippen LogP contribution in [0.2, 0.25) is 10.0 Å². The summed E-state index contributed by atoms with van der Waals surface area (Å²) in [6.45, 7) is 2.86. The van der Waals surface area contributed by atoms with Crippen molar-refractivity contribution in [2.75, 3.05) is 6.54 Å². The van der Waals surface area contributed by atoms with E-state index in [1.54, 1.807) is 12.1 Å². The first kappa shape index (κ1) is 27.0. The van der Waals surface area contributed by atoms with Crippen molar-refractivity contribution >= 4 is 29.1 Å². The molecule has 204 valence electrons. The normalized spacial score (nSPS) is 17.8. The van der Waals surface area contributed by atoms with E-state index in [0.717, 1.165) is 30.4 Å². The third-order valence-electron chi connectivity index (χ3n) is 8.50. The molecule has 0 aromatic heterocycles. The largest absolute Gasteiger partial charge is 0.333 e. The molecule has 0 saturated heterocycles. The average Bonchev–Trinajstić information content (AvgIpc) is 3.40. The maximum absolute atomic E-state index is 14.9. The van der Waals surface area contributed by atoms with Gasteiger partial charge < -0.3 is 4.90 Å². The molecular formula is C34H31Cl2FN2O. The lowest BCUT2D eigenvalue weighted by atomic mass is 9.87. The second kappa shape index (κ2) is 11.4. The SMILES string of the molecule is C[C@@H](C(=O)N(Cc1ccccc1F)C1Cc2ccccc2C1)N1CCc2ccccc2[C@@H]1c1c(Cl)cccc1Cl. The molecule has 40 heavy (non-hydrogen) atoms. The van der Waals surface area contributed by atoms with Crippen LogP contribution < -0.4 is 0 Å². The zero-order valence-electron chi connectivity index (χ0n) is 22.4. The van der Waals surface area contributed by atoms with Crippen molar-refractivity contribution < 1.29 is 9.18 Å². The Labute approximate surface area is 245 Å². The Hall–Kier alpha value is -3.18. The van der Waals surface area contributed by atoms with Crippen LogP contribution in [0.15, 0.2) is 91.0 Å². The Kier molecular flexibility index (Phi) is 7.67. The van der Waals surface area contributed by atoms with Crippen LogP contribution >= 0.6 is 23.2 Å². The number of halogens is 3. The monoisotopic (exact) mass is 572 g/mol. The number of hydrogen-bond donors (Lipinski definition) is 0. The smallest absolute Gasteiger partial charge is 0.240 e. The van der Waals surface area contributed by atoms with Gasteiger partial charge in [0.2, 0.25) is 5.91 Å². The summed E-state index contributed by atoms with van der Waals surface area (Å²) in [6.07, 6.45) is 2.33. The van der Waals surface area contributed by atoms with Crippen LogP contribution in [-0.2, 0) is 30.6 Å². The predicted molar refractivity (Wildman–Crippen MR) is 159 cm³/mol. The topological polar surface area (TPSA) is 23.6 Å². The summed E-state index contributed by atoms with van der Waals surface area (Å²) in [5.41, 5.74) is 6.17. The van der Waals surface area contributed by atoms with Gasteiger partial charge in [0.25, 0.3) is 0 Å². The minimum atomic E-state index is -0.485. The number of carbonyl (C=O) groups excluding carboxylic acids is 1. The molecule has 2 aliphatic rings. The quantitative estimate of drug-likeness (QED) is 0.237. The lowest BCUT2D eigenvalue weighted by Gasteiger charge is -2.43. The fourth-order valence-corrected chi connectivity index (χ4v) is 7.04. The first-order valence-corrected chi connectivity index (χ1v) is 14.6. The van der Waals surface area contributed by atoms with E-state index in [1.165, 1.54) is 22.8 Å². The van der Waals surface area contributed by atoms with Crippen LogP contribution in [0.5, 0.6) is 0 Å². The lowest BCUT2D eigenvalue weighted by Crippen LogP contribution is -2.53. The molecular weight excluding hydrogens is 542 g/mol. The van der Waals surface area contributed by atoms with Gasteiger partial charge in [-0.2, -0.15) is 0 Å². The summed E-state index contributed by atoms with van der Waals surface area (Å²) in [5.74, 6) is -0.315. The van der Waals surface area contributed by atoms with Crippen molar-refractivity contribution in [1.82, 2.24) is 9.80 Å². The van der Waals surface area contributed by atoms with Gasteiger partial charge in [-0.1, -0.05) is 96.0 Å². The van der Waals surface area contributed by atoms with Crippen molar-refractivity contribution in [3.63, 3.8) is 0 Å². The highest BCUT2D eigenvalue weighted by Gasteiger charge is 2.40. The van der Waals surface area contributed by atoms with E-state index in [-0.39, 0.29) is 30.4 Å². The molecule has 3 nitrogen and oxygen atoms in total. The van der Waals surface area contributed by atoms with E-state index in [0.29, 0.717) is 22.2 Å². The Balaban J connectivity index is 1.38. The van der Waals surface area contributed by atoms with Gasteiger partial charge in [-0.25, -0.2) is 4.39 Å². The number of amides is 1. The molecule has 6 rings (SSSR count). The molecule has 4 aromatic carbocycles. The Morgan fingerprint density at radius 2 is 1.48 bits per heavy atom. The Morgan fingerprint density at radius 3 is 2.15 bits per heavy atom. The first-order chi connectivity index (χ1) is 19.4. The molecule has 6 heteroatoms. The number of rotatable bonds is 6. The van der Waals surface area contributed by atoms with Gasteiger partial charge in [-0.15, -0.1) is 0 Å². The highest BCUT2D eigenvalue weighted by molar-refractivity contribution is 6.36. The van der Waals surface area contributed by atoms with Crippen LogP contribution in [0.25, 0.3) is 0 Å². The second-order valence-corrected chi connectivity index (χ2v) is 11.6. The molecule has 0 fully saturated rings. The first-order valence-electron chi connectivity index (χ1n) is 13.8. The van der Waals surface area contributed by atoms with Crippen LogP contribution in [-0.4, -0.2) is 34.3 Å². The van der Waals surface area contributed by atoms with E-state index in [2.05, 4.69) is 29.2 Å². The highest BCUT2D eigenvalue weighted by atomic mass is 35.5. The number of nitrogens with zero attached hydrogens (tertiary/aromatic N) is 2. The fraction of sp³-hybridized carbons (Fsp3) is 0.265. The molecule has 0 saturated carbocycles. The van der Waals surface area contributed by atoms with E-state index in [4.69, 9.17) is 23.2 Å². The molecule has 1 aliphatic carbocycles. The highest BCUT2D eigenvalue weighted by Crippen LogP contribution is 2.43. The van der Waals surface area contributed by atoms with Crippen LogP contribution in [0.4, 0.5) is 4.39 Å². The molecule has 0 N–H and O–H groups in total. The molecule has 1 aliphatic heterocycles. The standard InChI is InChI=1S/C34H31Cl2FN2O/c1-22(38-18-17-23-9-4-6-13-28(23)33(38)32-29(35)14-8-15-30(32)36)34(40)39(21-26-12-5-7-16-31(26)37)27-19-24-10-2-3-11-25(24)20-27/h2-16,22,27,33H,17-21H2,1H3/t22-,33+/m0/s1. The summed E-state index contributed by atoms with van der Waals surface area (Å²) >= 11 is 13.5. The zero-order chi connectivity index (χ0) is 27.8. The van der Waals surface area contributed by atoms with Gasteiger partial charge in [-0.3, -0.25) is 9.69 Å². The van der Waals surface area contributed by atoms with E-state index < -0.39 is 6.04 Å². The Morgan fingerprint density at radius 1 is 0.875 bits per heavy atom. The third kappa shape index (κ3) is 5.05. The molecule has 0 unspecified atom stereocenters. The maximum atomic E-state index is 14.9. The summed E-state index contributed by atoms with van der Waals surface area (Å²) < 4.78 is 14.9. The fourth-order valence-electron chi connectivity index (χ4n) is 6.43.